The number of aliphatic imine (C=N–C) groups is 1. The van der Waals surface area contributed by atoms with Gasteiger partial charge in [-0.1, -0.05) is 17.7 Å². The number of rotatable bonds is 3. The van der Waals surface area contributed by atoms with Gasteiger partial charge >= 0.3 is 5.97 Å². The van der Waals surface area contributed by atoms with E-state index in [1.807, 2.05) is 6.08 Å². The van der Waals surface area contributed by atoms with Crippen LogP contribution >= 0.6 is 11.6 Å². The average molecular weight is 397 g/mol. The van der Waals surface area contributed by atoms with Gasteiger partial charge in [-0.25, -0.2) is 9.79 Å². The van der Waals surface area contributed by atoms with Crippen molar-refractivity contribution in [3.05, 3.63) is 85.6 Å². The van der Waals surface area contributed by atoms with Gasteiger partial charge in [0.2, 0.25) is 5.90 Å². The molecule has 0 saturated carbocycles. The standard InChI is InChI=1S/C20H13ClN2O5/c1-11-2-3-13(9-17(11)23(25)26)19-22-16(20(24)28-19)7-12-6-14-8-15(21)4-5-18(14)27-10-12/h2-9H,10H2,1H3/b16-7+. The highest BCUT2D eigenvalue weighted by Gasteiger charge is 2.26. The molecular formula is C20H13ClN2O5. The van der Waals surface area contributed by atoms with E-state index in [1.54, 1.807) is 43.3 Å². The van der Waals surface area contributed by atoms with E-state index in [-0.39, 0.29) is 23.9 Å². The molecule has 0 N–H and O–H groups in total. The zero-order valence-corrected chi connectivity index (χ0v) is 15.4. The number of aryl methyl sites for hydroxylation is 1. The zero-order valence-electron chi connectivity index (χ0n) is 14.6. The van der Waals surface area contributed by atoms with Gasteiger partial charge < -0.3 is 9.47 Å². The van der Waals surface area contributed by atoms with Crippen LogP contribution in [0.2, 0.25) is 5.02 Å². The Morgan fingerprint density at radius 2 is 2.07 bits per heavy atom. The summed E-state index contributed by atoms with van der Waals surface area (Å²) in [5.74, 6) is 0.104. The third-order valence-corrected chi connectivity index (χ3v) is 4.54. The highest BCUT2D eigenvalue weighted by atomic mass is 35.5. The molecular weight excluding hydrogens is 384 g/mol. The molecule has 0 aromatic heterocycles. The number of nitro groups is 1. The number of hydrogen-bond donors (Lipinski definition) is 0. The Hall–Kier alpha value is -3.45. The van der Waals surface area contributed by atoms with Crippen LogP contribution < -0.4 is 4.74 Å². The van der Waals surface area contributed by atoms with Gasteiger partial charge in [0.15, 0.2) is 5.70 Å². The third-order valence-electron chi connectivity index (χ3n) is 4.30. The van der Waals surface area contributed by atoms with E-state index in [2.05, 4.69) is 4.99 Å². The normalized spacial score (nSPS) is 16.8. The first kappa shape index (κ1) is 17.9. The largest absolute Gasteiger partial charge is 0.488 e. The highest BCUT2D eigenvalue weighted by Crippen LogP contribution is 2.30. The Labute approximate surface area is 164 Å². The van der Waals surface area contributed by atoms with E-state index in [0.717, 1.165) is 11.1 Å². The van der Waals surface area contributed by atoms with Crippen molar-refractivity contribution in [3.63, 3.8) is 0 Å². The van der Waals surface area contributed by atoms with Crippen LogP contribution in [-0.2, 0) is 9.53 Å². The lowest BCUT2D eigenvalue weighted by molar-refractivity contribution is -0.385. The first-order valence-electron chi connectivity index (χ1n) is 8.31. The molecule has 0 unspecified atom stereocenters. The quantitative estimate of drug-likeness (QED) is 0.335. The Morgan fingerprint density at radius 1 is 1.25 bits per heavy atom. The summed E-state index contributed by atoms with van der Waals surface area (Å²) >= 11 is 6.01. The fraction of sp³-hybridized carbons (Fsp3) is 0.100. The molecule has 7 nitrogen and oxygen atoms in total. The van der Waals surface area contributed by atoms with Crippen LogP contribution in [0.15, 0.2) is 58.7 Å². The van der Waals surface area contributed by atoms with Crippen LogP contribution in [0.5, 0.6) is 5.75 Å². The zero-order chi connectivity index (χ0) is 19.8. The monoisotopic (exact) mass is 396 g/mol. The number of hydrogen-bond acceptors (Lipinski definition) is 6. The van der Waals surface area contributed by atoms with Gasteiger partial charge in [0.1, 0.15) is 12.4 Å². The van der Waals surface area contributed by atoms with Crippen molar-refractivity contribution >= 4 is 35.2 Å². The molecule has 0 spiro atoms. The SMILES string of the molecule is Cc1ccc(C2=N/C(=C/C3=Cc4cc(Cl)ccc4OC3)C(=O)O2)cc1[N+](=O)[O-]. The molecule has 140 valence electrons. The molecule has 2 aromatic rings. The second-order valence-electron chi connectivity index (χ2n) is 6.28. The molecule has 4 rings (SSSR count). The Balaban J connectivity index is 1.67. The molecule has 2 aromatic carbocycles. The Kier molecular flexibility index (Phi) is 4.44. The summed E-state index contributed by atoms with van der Waals surface area (Å²) in [6, 6.07) is 9.83. The van der Waals surface area contributed by atoms with Gasteiger partial charge in [-0.3, -0.25) is 10.1 Å². The minimum absolute atomic E-state index is 0.0279. The van der Waals surface area contributed by atoms with E-state index in [1.165, 1.54) is 6.07 Å². The number of nitro benzene ring substituents is 1. The smallest absolute Gasteiger partial charge is 0.363 e. The number of benzene rings is 2. The third kappa shape index (κ3) is 3.39. The Morgan fingerprint density at radius 3 is 2.86 bits per heavy atom. The molecule has 2 aliphatic rings. The molecule has 0 atom stereocenters. The molecule has 0 fully saturated rings. The number of cyclic esters (lactones) is 1. The molecule has 8 heteroatoms. The van der Waals surface area contributed by atoms with E-state index in [0.29, 0.717) is 21.9 Å². The van der Waals surface area contributed by atoms with Crippen molar-refractivity contribution in [2.75, 3.05) is 6.61 Å². The molecule has 2 aliphatic heterocycles. The molecule has 0 amide bonds. The van der Waals surface area contributed by atoms with Gasteiger partial charge in [0.05, 0.1) is 4.92 Å². The maximum atomic E-state index is 12.2. The number of fused-ring (bicyclic) bond motifs is 1. The molecule has 28 heavy (non-hydrogen) atoms. The number of ether oxygens (including phenoxy) is 2. The minimum atomic E-state index is -0.629. The summed E-state index contributed by atoms with van der Waals surface area (Å²) in [7, 11) is 0. The van der Waals surface area contributed by atoms with Crippen molar-refractivity contribution in [1.29, 1.82) is 0 Å². The summed E-state index contributed by atoms with van der Waals surface area (Å²) in [4.78, 5) is 27.0. The number of carbonyl (C=O) groups is 1. The number of halogens is 1. The lowest BCUT2D eigenvalue weighted by Crippen LogP contribution is -2.08. The van der Waals surface area contributed by atoms with Crippen LogP contribution in [0.3, 0.4) is 0 Å². The summed E-state index contributed by atoms with van der Waals surface area (Å²) in [5.41, 5.74) is 2.43. The maximum Gasteiger partial charge on any atom is 0.363 e. The fourth-order valence-electron chi connectivity index (χ4n) is 2.90. The summed E-state index contributed by atoms with van der Waals surface area (Å²) < 4.78 is 10.9. The summed E-state index contributed by atoms with van der Waals surface area (Å²) in [6.07, 6.45) is 3.43. The number of nitrogens with zero attached hydrogens (tertiary/aromatic N) is 2. The van der Waals surface area contributed by atoms with Crippen LogP contribution in [0.1, 0.15) is 16.7 Å². The van der Waals surface area contributed by atoms with Crippen LogP contribution in [0.25, 0.3) is 6.08 Å². The van der Waals surface area contributed by atoms with Crippen molar-refractivity contribution in [1.82, 2.24) is 0 Å². The lowest BCUT2D eigenvalue weighted by Gasteiger charge is -2.16. The van der Waals surface area contributed by atoms with E-state index in [4.69, 9.17) is 21.1 Å². The Bertz CT molecular complexity index is 1120. The van der Waals surface area contributed by atoms with E-state index in [9.17, 15) is 14.9 Å². The van der Waals surface area contributed by atoms with Crippen molar-refractivity contribution in [3.8, 4) is 5.75 Å². The molecule has 2 heterocycles. The number of carbonyl (C=O) groups excluding carboxylic acids is 1. The predicted molar refractivity (Wildman–Crippen MR) is 103 cm³/mol. The first-order chi connectivity index (χ1) is 13.4. The topological polar surface area (TPSA) is 91.0 Å². The number of esters is 1. The molecule has 0 saturated heterocycles. The minimum Gasteiger partial charge on any atom is -0.488 e. The van der Waals surface area contributed by atoms with Crippen molar-refractivity contribution in [2.24, 2.45) is 4.99 Å². The van der Waals surface area contributed by atoms with Gasteiger partial charge in [-0.15, -0.1) is 0 Å². The second kappa shape index (κ2) is 6.94. The summed E-state index contributed by atoms with van der Waals surface area (Å²) in [6.45, 7) is 1.90. The first-order valence-corrected chi connectivity index (χ1v) is 8.69. The van der Waals surface area contributed by atoms with Gasteiger partial charge in [-0.05, 0) is 48.9 Å². The predicted octanol–water partition coefficient (Wildman–Crippen LogP) is 4.22. The maximum absolute atomic E-state index is 12.2. The molecule has 0 radical (unpaired) electrons. The average Bonchev–Trinajstić information content (AvgIpc) is 3.02. The van der Waals surface area contributed by atoms with Crippen LogP contribution in [0.4, 0.5) is 5.69 Å². The fourth-order valence-corrected chi connectivity index (χ4v) is 3.08. The summed E-state index contributed by atoms with van der Waals surface area (Å²) in [5, 5.41) is 11.7. The van der Waals surface area contributed by atoms with Gasteiger partial charge in [-0.2, -0.15) is 0 Å². The molecule has 0 bridgehead atoms. The van der Waals surface area contributed by atoms with Crippen molar-refractivity contribution < 1.29 is 19.2 Å². The lowest BCUT2D eigenvalue weighted by atomic mass is 10.1. The van der Waals surface area contributed by atoms with E-state index >= 15 is 0 Å². The van der Waals surface area contributed by atoms with Crippen LogP contribution in [0, 0.1) is 17.0 Å². The van der Waals surface area contributed by atoms with Gasteiger partial charge in [0, 0.05) is 27.8 Å². The highest BCUT2D eigenvalue weighted by molar-refractivity contribution is 6.30. The second-order valence-corrected chi connectivity index (χ2v) is 6.72. The van der Waals surface area contributed by atoms with Gasteiger partial charge in [0.25, 0.3) is 5.69 Å². The van der Waals surface area contributed by atoms with Crippen LogP contribution in [-0.4, -0.2) is 23.4 Å². The van der Waals surface area contributed by atoms with E-state index < -0.39 is 10.9 Å². The van der Waals surface area contributed by atoms with Crippen molar-refractivity contribution in [2.45, 2.75) is 6.92 Å². The molecule has 0 aliphatic carbocycles.